The van der Waals surface area contributed by atoms with E-state index in [0.717, 1.165) is 25.8 Å². The zero-order chi connectivity index (χ0) is 11.7. The largest absolute Gasteiger partial charge is 0.481 e. The van der Waals surface area contributed by atoms with E-state index in [1.54, 1.807) is 0 Å². The fourth-order valence-electron chi connectivity index (χ4n) is 1.67. The van der Waals surface area contributed by atoms with Crippen LogP contribution in [0.4, 0.5) is 0 Å². The molecule has 3 nitrogen and oxygen atoms in total. The summed E-state index contributed by atoms with van der Waals surface area (Å²) in [6, 6.07) is 0.648. The minimum absolute atomic E-state index is 0.314. The summed E-state index contributed by atoms with van der Waals surface area (Å²) in [5.41, 5.74) is 0. The van der Waals surface area contributed by atoms with Crippen molar-refractivity contribution in [3.8, 4) is 0 Å². The van der Waals surface area contributed by atoms with Gasteiger partial charge in [-0.15, -0.1) is 0 Å². The zero-order valence-corrected chi connectivity index (χ0v) is 10.3. The van der Waals surface area contributed by atoms with Gasteiger partial charge in [0.25, 0.3) is 0 Å². The molecule has 0 spiro atoms. The second-order valence-electron chi connectivity index (χ2n) is 4.32. The zero-order valence-electron chi connectivity index (χ0n) is 10.3. The van der Waals surface area contributed by atoms with Crippen molar-refractivity contribution in [2.75, 3.05) is 13.6 Å². The quantitative estimate of drug-likeness (QED) is 0.601. The fourth-order valence-corrected chi connectivity index (χ4v) is 1.67. The Kier molecular flexibility index (Phi) is 8.38. The number of nitrogens with zero attached hydrogens (tertiary/aromatic N) is 1. The Labute approximate surface area is 93.5 Å². The van der Waals surface area contributed by atoms with Crippen molar-refractivity contribution >= 4 is 5.97 Å². The van der Waals surface area contributed by atoms with Gasteiger partial charge < -0.3 is 10.0 Å². The van der Waals surface area contributed by atoms with E-state index in [0.29, 0.717) is 12.5 Å². The van der Waals surface area contributed by atoms with Gasteiger partial charge in [0.2, 0.25) is 0 Å². The molecule has 0 rings (SSSR count). The lowest BCUT2D eigenvalue weighted by molar-refractivity contribution is -0.137. The van der Waals surface area contributed by atoms with E-state index in [9.17, 15) is 4.79 Å². The molecule has 1 atom stereocenters. The van der Waals surface area contributed by atoms with Crippen molar-refractivity contribution < 1.29 is 9.90 Å². The number of hydrogen-bond donors (Lipinski definition) is 1. The van der Waals surface area contributed by atoms with Gasteiger partial charge in [-0.05, 0) is 39.8 Å². The number of aliphatic carboxylic acids is 1. The number of unbranched alkanes of at least 4 members (excludes halogenated alkanes) is 2. The molecule has 0 amide bonds. The maximum Gasteiger partial charge on any atom is 0.303 e. The lowest BCUT2D eigenvalue weighted by Crippen LogP contribution is -2.29. The third-order valence-corrected chi connectivity index (χ3v) is 2.86. The highest BCUT2D eigenvalue weighted by atomic mass is 16.4. The number of rotatable bonds is 9. The normalized spacial score (nSPS) is 13.1. The van der Waals surface area contributed by atoms with Gasteiger partial charge in [-0.1, -0.05) is 19.8 Å². The standard InChI is InChI=1S/C12H25NO2/c1-4-8-11(2)13(3)10-7-5-6-9-12(14)15/h11H,4-10H2,1-3H3,(H,14,15). The summed E-state index contributed by atoms with van der Waals surface area (Å²) in [7, 11) is 2.15. The molecule has 0 bridgehead atoms. The fraction of sp³-hybridized carbons (Fsp3) is 0.917. The maximum absolute atomic E-state index is 10.3. The molecule has 0 aromatic rings. The second kappa shape index (κ2) is 8.72. The van der Waals surface area contributed by atoms with Crippen LogP contribution in [0.15, 0.2) is 0 Å². The Morgan fingerprint density at radius 3 is 2.53 bits per heavy atom. The van der Waals surface area contributed by atoms with Crippen LogP contribution in [0.5, 0.6) is 0 Å². The summed E-state index contributed by atoms with van der Waals surface area (Å²) >= 11 is 0. The highest BCUT2D eigenvalue weighted by Gasteiger charge is 2.06. The van der Waals surface area contributed by atoms with Crippen molar-refractivity contribution in [1.82, 2.24) is 4.90 Å². The molecule has 0 saturated heterocycles. The van der Waals surface area contributed by atoms with Crippen LogP contribution in [0, 0.1) is 0 Å². The van der Waals surface area contributed by atoms with Crippen LogP contribution in [-0.4, -0.2) is 35.6 Å². The Balaban J connectivity index is 3.37. The Bertz CT molecular complexity index is 171. The average molecular weight is 215 g/mol. The van der Waals surface area contributed by atoms with Crippen LogP contribution in [0.2, 0.25) is 0 Å². The van der Waals surface area contributed by atoms with Crippen LogP contribution >= 0.6 is 0 Å². The van der Waals surface area contributed by atoms with Gasteiger partial charge in [-0.2, -0.15) is 0 Å². The summed E-state index contributed by atoms with van der Waals surface area (Å²) in [6.45, 7) is 5.54. The first-order valence-corrected chi connectivity index (χ1v) is 6.00. The third kappa shape index (κ3) is 8.43. The third-order valence-electron chi connectivity index (χ3n) is 2.86. The molecule has 0 heterocycles. The predicted molar refractivity (Wildman–Crippen MR) is 63.1 cm³/mol. The van der Waals surface area contributed by atoms with E-state index >= 15 is 0 Å². The maximum atomic E-state index is 10.3. The number of hydrogen-bond acceptors (Lipinski definition) is 2. The van der Waals surface area contributed by atoms with Crippen molar-refractivity contribution in [3.05, 3.63) is 0 Å². The van der Waals surface area contributed by atoms with E-state index < -0.39 is 5.97 Å². The average Bonchev–Trinajstić information content (AvgIpc) is 2.16. The van der Waals surface area contributed by atoms with E-state index in [-0.39, 0.29) is 0 Å². The van der Waals surface area contributed by atoms with Gasteiger partial charge in [0, 0.05) is 12.5 Å². The molecule has 0 radical (unpaired) electrons. The molecule has 0 aliphatic rings. The van der Waals surface area contributed by atoms with Crippen LogP contribution < -0.4 is 0 Å². The molecular formula is C12H25NO2. The van der Waals surface area contributed by atoms with Crippen molar-refractivity contribution in [1.29, 1.82) is 0 Å². The first-order valence-electron chi connectivity index (χ1n) is 6.00. The molecular weight excluding hydrogens is 190 g/mol. The molecule has 0 fully saturated rings. The summed E-state index contributed by atoms with van der Waals surface area (Å²) in [5, 5.41) is 8.47. The molecule has 0 aromatic carbocycles. The van der Waals surface area contributed by atoms with Gasteiger partial charge in [0.05, 0.1) is 0 Å². The second-order valence-corrected chi connectivity index (χ2v) is 4.32. The highest BCUT2D eigenvalue weighted by Crippen LogP contribution is 2.07. The van der Waals surface area contributed by atoms with Gasteiger partial charge in [-0.25, -0.2) is 0 Å². The highest BCUT2D eigenvalue weighted by molar-refractivity contribution is 5.66. The van der Waals surface area contributed by atoms with E-state index in [2.05, 4.69) is 25.8 Å². The molecule has 90 valence electrons. The Morgan fingerprint density at radius 2 is 2.00 bits per heavy atom. The minimum Gasteiger partial charge on any atom is -0.481 e. The first kappa shape index (κ1) is 14.4. The van der Waals surface area contributed by atoms with Crippen LogP contribution in [-0.2, 0) is 4.79 Å². The van der Waals surface area contributed by atoms with Gasteiger partial charge in [0.15, 0.2) is 0 Å². The topological polar surface area (TPSA) is 40.5 Å². The number of carboxylic acids is 1. The molecule has 1 unspecified atom stereocenters. The molecule has 15 heavy (non-hydrogen) atoms. The van der Waals surface area contributed by atoms with Crippen LogP contribution in [0.3, 0.4) is 0 Å². The summed E-state index contributed by atoms with van der Waals surface area (Å²) < 4.78 is 0. The lowest BCUT2D eigenvalue weighted by Gasteiger charge is -2.24. The van der Waals surface area contributed by atoms with Gasteiger partial charge in [-0.3, -0.25) is 4.79 Å². The molecule has 0 aromatic heterocycles. The van der Waals surface area contributed by atoms with E-state index in [1.807, 2.05) is 0 Å². The van der Waals surface area contributed by atoms with Gasteiger partial charge >= 0.3 is 5.97 Å². The number of carbonyl (C=O) groups is 1. The summed E-state index contributed by atoms with van der Waals surface area (Å²) in [6.07, 6.45) is 5.73. The Hall–Kier alpha value is -0.570. The van der Waals surface area contributed by atoms with Crippen molar-refractivity contribution in [2.45, 2.75) is 58.4 Å². The summed E-state index contributed by atoms with van der Waals surface area (Å²) in [5.74, 6) is -0.678. The summed E-state index contributed by atoms with van der Waals surface area (Å²) in [4.78, 5) is 12.6. The smallest absolute Gasteiger partial charge is 0.303 e. The van der Waals surface area contributed by atoms with Crippen LogP contribution in [0.1, 0.15) is 52.4 Å². The first-order chi connectivity index (χ1) is 7.07. The van der Waals surface area contributed by atoms with Crippen molar-refractivity contribution in [3.63, 3.8) is 0 Å². The molecule has 3 heteroatoms. The van der Waals surface area contributed by atoms with Crippen LogP contribution in [0.25, 0.3) is 0 Å². The minimum atomic E-state index is -0.678. The molecule has 1 N–H and O–H groups in total. The molecule has 0 aliphatic carbocycles. The van der Waals surface area contributed by atoms with Crippen molar-refractivity contribution in [2.24, 2.45) is 0 Å². The Morgan fingerprint density at radius 1 is 1.33 bits per heavy atom. The SMILES string of the molecule is CCCC(C)N(C)CCCCCC(=O)O. The van der Waals surface area contributed by atoms with Gasteiger partial charge in [0.1, 0.15) is 0 Å². The van der Waals surface area contributed by atoms with E-state index in [1.165, 1.54) is 12.8 Å². The molecule has 0 aliphatic heterocycles. The van der Waals surface area contributed by atoms with E-state index in [4.69, 9.17) is 5.11 Å². The monoisotopic (exact) mass is 215 g/mol. The number of carboxylic acid groups (broad SMARTS) is 1. The predicted octanol–water partition coefficient (Wildman–Crippen LogP) is 2.75. The molecule has 0 saturated carbocycles. The lowest BCUT2D eigenvalue weighted by atomic mass is 10.1.